The molecule has 138 valence electrons. The second kappa shape index (κ2) is 8.99. The van der Waals surface area contributed by atoms with E-state index in [1.165, 1.54) is 18.4 Å². The van der Waals surface area contributed by atoms with Gasteiger partial charge in [0.15, 0.2) is 11.5 Å². The number of hydrogen-bond acceptors (Lipinski definition) is 4. The number of hydrogen-bond donors (Lipinski definition) is 1. The predicted octanol–water partition coefficient (Wildman–Crippen LogP) is 5.06. The highest BCUT2D eigenvalue weighted by Crippen LogP contribution is 2.34. The van der Waals surface area contributed by atoms with Crippen molar-refractivity contribution in [3.05, 3.63) is 48.0 Å². The molecule has 0 radical (unpaired) electrons. The van der Waals surface area contributed by atoms with E-state index in [9.17, 15) is 4.79 Å². The predicted molar refractivity (Wildman–Crippen MR) is 106 cm³/mol. The van der Waals surface area contributed by atoms with Crippen LogP contribution in [0.25, 0.3) is 0 Å². The summed E-state index contributed by atoms with van der Waals surface area (Å²) in [7, 11) is 1.63. The molecular weight excluding hydrogens is 346 g/mol. The zero-order valence-electron chi connectivity index (χ0n) is 15.3. The molecule has 2 aromatic rings. The minimum atomic E-state index is -0.0322. The van der Waals surface area contributed by atoms with E-state index >= 15 is 0 Å². The molecule has 0 aromatic heterocycles. The van der Waals surface area contributed by atoms with Crippen LogP contribution in [-0.4, -0.2) is 24.9 Å². The van der Waals surface area contributed by atoms with E-state index in [0.29, 0.717) is 17.3 Å². The highest BCUT2D eigenvalue weighted by Gasteiger charge is 2.19. The van der Waals surface area contributed by atoms with Gasteiger partial charge in [-0.15, -0.1) is 11.8 Å². The van der Waals surface area contributed by atoms with Crippen LogP contribution in [0.2, 0.25) is 0 Å². The van der Waals surface area contributed by atoms with Gasteiger partial charge in [-0.2, -0.15) is 0 Å². The minimum absolute atomic E-state index is 0.0322. The van der Waals surface area contributed by atoms with Crippen LogP contribution >= 0.6 is 11.8 Å². The maximum absolute atomic E-state index is 12.3. The Bertz CT molecular complexity index is 757. The molecule has 0 heterocycles. The number of nitrogens with one attached hydrogen (secondary N) is 1. The van der Waals surface area contributed by atoms with Crippen LogP contribution < -0.4 is 14.8 Å². The Hall–Kier alpha value is -2.14. The standard InChI is InChI=1S/C21H25NO3S/c1-15-7-3-6-10-20(15)26-14-21(23)22-16-11-12-18(24-2)19(13-16)25-17-8-4-5-9-17/h3,6-7,10-13,17H,4-5,8-9,14H2,1-2H3,(H,22,23). The first-order valence-electron chi connectivity index (χ1n) is 8.98. The van der Waals surface area contributed by atoms with Crippen molar-refractivity contribution >= 4 is 23.4 Å². The average molecular weight is 372 g/mol. The van der Waals surface area contributed by atoms with E-state index in [-0.39, 0.29) is 12.0 Å². The molecule has 5 heteroatoms. The Morgan fingerprint density at radius 1 is 1.15 bits per heavy atom. The number of aryl methyl sites for hydroxylation is 1. The van der Waals surface area contributed by atoms with Crippen molar-refractivity contribution in [2.45, 2.75) is 43.6 Å². The quantitative estimate of drug-likeness (QED) is 0.692. The lowest BCUT2D eigenvalue weighted by Crippen LogP contribution is -2.15. The summed E-state index contributed by atoms with van der Waals surface area (Å²) in [6.45, 7) is 2.05. The fourth-order valence-electron chi connectivity index (χ4n) is 3.09. The van der Waals surface area contributed by atoms with Gasteiger partial charge >= 0.3 is 0 Å². The van der Waals surface area contributed by atoms with Crippen molar-refractivity contribution in [3.8, 4) is 11.5 Å². The van der Waals surface area contributed by atoms with Crippen LogP contribution in [0.3, 0.4) is 0 Å². The summed E-state index contributed by atoms with van der Waals surface area (Å²) in [4.78, 5) is 13.4. The van der Waals surface area contributed by atoms with Crippen LogP contribution in [-0.2, 0) is 4.79 Å². The van der Waals surface area contributed by atoms with Gasteiger partial charge in [0.1, 0.15) is 0 Å². The van der Waals surface area contributed by atoms with Gasteiger partial charge < -0.3 is 14.8 Å². The first-order valence-corrected chi connectivity index (χ1v) is 9.97. The van der Waals surface area contributed by atoms with Gasteiger partial charge in [0, 0.05) is 16.6 Å². The van der Waals surface area contributed by atoms with Gasteiger partial charge in [-0.05, 0) is 56.4 Å². The van der Waals surface area contributed by atoms with Gasteiger partial charge in [-0.1, -0.05) is 18.2 Å². The normalized spacial score (nSPS) is 14.2. The van der Waals surface area contributed by atoms with E-state index < -0.39 is 0 Å². The maximum Gasteiger partial charge on any atom is 0.234 e. The Morgan fingerprint density at radius 3 is 2.65 bits per heavy atom. The Balaban J connectivity index is 1.61. The summed E-state index contributed by atoms with van der Waals surface area (Å²) in [6, 6.07) is 13.6. The molecule has 1 aliphatic carbocycles. The monoisotopic (exact) mass is 371 g/mol. The third kappa shape index (κ3) is 4.94. The SMILES string of the molecule is COc1ccc(NC(=O)CSc2ccccc2C)cc1OC1CCCC1. The summed E-state index contributed by atoms with van der Waals surface area (Å²) < 4.78 is 11.5. The first-order chi connectivity index (χ1) is 12.7. The number of anilines is 1. The second-order valence-electron chi connectivity index (χ2n) is 6.49. The number of methoxy groups -OCH3 is 1. The Labute approximate surface area is 159 Å². The molecule has 4 nitrogen and oxygen atoms in total. The lowest BCUT2D eigenvalue weighted by atomic mass is 10.2. The molecule has 2 aromatic carbocycles. The van der Waals surface area contributed by atoms with E-state index in [2.05, 4.69) is 18.3 Å². The number of benzene rings is 2. The first kappa shape index (κ1) is 18.6. The van der Waals surface area contributed by atoms with Crippen LogP contribution in [0.1, 0.15) is 31.2 Å². The zero-order valence-corrected chi connectivity index (χ0v) is 16.1. The van der Waals surface area contributed by atoms with Crippen molar-refractivity contribution in [1.29, 1.82) is 0 Å². The minimum Gasteiger partial charge on any atom is -0.493 e. The van der Waals surface area contributed by atoms with Crippen molar-refractivity contribution in [2.75, 3.05) is 18.2 Å². The molecule has 1 aliphatic rings. The molecule has 1 N–H and O–H groups in total. The van der Waals surface area contributed by atoms with Crippen LogP contribution in [0.4, 0.5) is 5.69 Å². The summed E-state index contributed by atoms with van der Waals surface area (Å²) in [6.07, 6.45) is 4.81. The van der Waals surface area contributed by atoms with Gasteiger partial charge in [0.05, 0.1) is 19.0 Å². The molecule has 0 bridgehead atoms. The van der Waals surface area contributed by atoms with E-state index in [1.54, 1.807) is 18.9 Å². The number of carbonyl (C=O) groups excluding carboxylic acids is 1. The highest BCUT2D eigenvalue weighted by molar-refractivity contribution is 8.00. The molecule has 0 aliphatic heterocycles. The summed E-state index contributed by atoms with van der Waals surface area (Å²) in [5.41, 5.74) is 1.91. The Kier molecular flexibility index (Phi) is 6.45. The van der Waals surface area contributed by atoms with Crippen molar-refractivity contribution in [2.24, 2.45) is 0 Å². The molecule has 0 saturated heterocycles. The van der Waals surface area contributed by atoms with Gasteiger partial charge in [-0.3, -0.25) is 4.79 Å². The van der Waals surface area contributed by atoms with Crippen LogP contribution in [0, 0.1) is 6.92 Å². The summed E-state index contributed by atoms with van der Waals surface area (Å²) in [5, 5.41) is 2.95. The number of carbonyl (C=O) groups is 1. The number of rotatable bonds is 7. The summed E-state index contributed by atoms with van der Waals surface area (Å²) >= 11 is 1.54. The molecular formula is C21H25NO3S. The van der Waals surface area contributed by atoms with Crippen LogP contribution in [0.15, 0.2) is 47.4 Å². The molecule has 1 fully saturated rings. The largest absolute Gasteiger partial charge is 0.493 e. The van der Waals surface area contributed by atoms with Crippen molar-refractivity contribution in [3.63, 3.8) is 0 Å². The molecule has 0 atom stereocenters. The Morgan fingerprint density at radius 2 is 1.92 bits per heavy atom. The van der Waals surface area contributed by atoms with E-state index in [0.717, 1.165) is 23.4 Å². The lowest BCUT2D eigenvalue weighted by Gasteiger charge is -2.17. The number of ether oxygens (including phenoxy) is 2. The third-order valence-electron chi connectivity index (χ3n) is 4.50. The fraction of sp³-hybridized carbons (Fsp3) is 0.381. The molecule has 3 rings (SSSR count). The number of amides is 1. The fourth-order valence-corrected chi connectivity index (χ4v) is 3.92. The van der Waals surface area contributed by atoms with Gasteiger partial charge in [0.25, 0.3) is 0 Å². The smallest absolute Gasteiger partial charge is 0.234 e. The van der Waals surface area contributed by atoms with E-state index in [4.69, 9.17) is 9.47 Å². The van der Waals surface area contributed by atoms with Crippen LogP contribution in [0.5, 0.6) is 11.5 Å². The number of thioether (sulfide) groups is 1. The molecule has 0 unspecified atom stereocenters. The summed E-state index contributed by atoms with van der Waals surface area (Å²) in [5.74, 6) is 1.73. The lowest BCUT2D eigenvalue weighted by molar-refractivity contribution is -0.113. The van der Waals surface area contributed by atoms with Gasteiger partial charge in [0.2, 0.25) is 5.91 Å². The van der Waals surface area contributed by atoms with E-state index in [1.807, 2.05) is 36.4 Å². The topological polar surface area (TPSA) is 47.6 Å². The maximum atomic E-state index is 12.3. The highest BCUT2D eigenvalue weighted by atomic mass is 32.2. The molecule has 0 spiro atoms. The van der Waals surface area contributed by atoms with Crippen molar-refractivity contribution in [1.82, 2.24) is 0 Å². The van der Waals surface area contributed by atoms with Crippen molar-refractivity contribution < 1.29 is 14.3 Å². The average Bonchev–Trinajstić information content (AvgIpc) is 3.14. The molecule has 1 amide bonds. The zero-order chi connectivity index (χ0) is 18.4. The third-order valence-corrected chi connectivity index (χ3v) is 5.67. The molecule has 1 saturated carbocycles. The molecule has 26 heavy (non-hydrogen) atoms. The second-order valence-corrected chi connectivity index (χ2v) is 7.51. The van der Waals surface area contributed by atoms with Gasteiger partial charge in [-0.25, -0.2) is 0 Å².